The van der Waals surface area contributed by atoms with Gasteiger partial charge < -0.3 is 19.4 Å². The maximum absolute atomic E-state index is 12.8. The number of hydrogen-bond acceptors (Lipinski definition) is 5. The fourth-order valence-electron chi connectivity index (χ4n) is 3.16. The van der Waals surface area contributed by atoms with E-state index in [0.29, 0.717) is 33.6 Å². The molecule has 0 fully saturated rings. The molecule has 4 aromatic rings. The van der Waals surface area contributed by atoms with Crippen LogP contribution >= 0.6 is 0 Å². The van der Waals surface area contributed by atoms with Crippen molar-refractivity contribution in [3.63, 3.8) is 0 Å². The summed E-state index contributed by atoms with van der Waals surface area (Å²) in [5.41, 5.74) is 2.23. The van der Waals surface area contributed by atoms with E-state index in [1.54, 1.807) is 66.7 Å². The molecule has 2 N–H and O–H groups in total. The van der Waals surface area contributed by atoms with Gasteiger partial charge in [-0.3, -0.25) is 4.79 Å². The predicted octanol–water partition coefficient (Wildman–Crippen LogP) is 5.60. The second-order valence-electron chi connectivity index (χ2n) is 6.48. The largest absolute Gasteiger partial charge is 0.508 e. The molecule has 0 unspecified atom stereocenters. The Morgan fingerprint density at radius 3 is 2.41 bits per heavy atom. The first-order chi connectivity index (χ1) is 14.1. The Bertz CT molecular complexity index is 1200. The molecule has 1 heterocycles. The van der Waals surface area contributed by atoms with Gasteiger partial charge in [-0.05, 0) is 42.5 Å². The molecule has 0 bridgehead atoms. The number of aliphatic hydroxyl groups is 1. The molecule has 0 aliphatic heterocycles. The molecule has 3 aromatic carbocycles. The zero-order valence-electron chi connectivity index (χ0n) is 15.6. The van der Waals surface area contributed by atoms with E-state index < -0.39 is 0 Å². The lowest BCUT2D eigenvalue weighted by Crippen LogP contribution is -2.00. The number of ketones is 1. The van der Waals surface area contributed by atoms with Gasteiger partial charge in [-0.15, -0.1) is 0 Å². The number of benzene rings is 3. The molecule has 0 amide bonds. The summed E-state index contributed by atoms with van der Waals surface area (Å²) in [6, 6.07) is 20.6. The van der Waals surface area contributed by atoms with E-state index in [9.17, 15) is 15.0 Å². The number of carbonyl (C=O) groups is 1. The number of carbonyl (C=O) groups excluding carboxylic acids is 1. The van der Waals surface area contributed by atoms with Crippen molar-refractivity contribution in [2.24, 2.45) is 0 Å². The molecule has 0 aliphatic carbocycles. The van der Waals surface area contributed by atoms with E-state index in [1.807, 2.05) is 6.07 Å². The van der Waals surface area contributed by atoms with Gasteiger partial charge in [0.15, 0.2) is 5.78 Å². The molecule has 29 heavy (non-hydrogen) atoms. The van der Waals surface area contributed by atoms with Crippen LogP contribution < -0.4 is 4.74 Å². The maximum atomic E-state index is 12.8. The summed E-state index contributed by atoms with van der Waals surface area (Å²) >= 11 is 0. The lowest BCUT2D eigenvalue weighted by molar-refractivity contribution is 0.104. The molecule has 0 atom stereocenters. The number of aromatic hydroxyl groups is 1. The summed E-state index contributed by atoms with van der Waals surface area (Å²) in [6.45, 7) is 0. The van der Waals surface area contributed by atoms with Crippen molar-refractivity contribution in [3.05, 3.63) is 90.0 Å². The zero-order chi connectivity index (χ0) is 20.4. The second-order valence-corrected chi connectivity index (χ2v) is 6.48. The van der Waals surface area contributed by atoms with Crippen molar-refractivity contribution in [3.8, 4) is 22.8 Å². The minimum Gasteiger partial charge on any atom is -0.508 e. The van der Waals surface area contributed by atoms with Gasteiger partial charge in [-0.2, -0.15) is 0 Å². The Hall–Kier alpha value is -3.99. The van der Waals surface area contributed by atoms with E-state index in [2.05, 4.69) is 0 Å². The molecule has 144 valence electrons. The summed E-state index contributed by atoms with van der Waals surface area (Å²) in [4.78, 5) is 12.8. The summed E-state index contributed by atoms with van der Waals surface area (Å²) in [5.74, 6) is 0.636. The van der Waals surface area contributed by atoms with Gasteiger partial charge in [0.2, 0.25) is 0 Å². The van der Waals surface area contributed by atoms with Crippen LogP contribution in [-0.2, 0) is 0 Å². The number of aliphatic hydroxyl groups excluding tert-OH is 1. The number of allylic oxidation sites excluding steroid dienone is 1. The van der Waals surface area contributed by atoms with Crippen LogP contribution in [0.3, 0.4) is 0 Å². The van der Waals surface area contributed by atoms with Crippen LogP contribution in [-0.4, -0.2) is 23.1 Å². The number of ether oxygens (including phenoxy) is 1. The Morgan fingerprint density at radius 1 is 1.00 bits per heavy atom. The fraction of sp³-hybridized carbons (Fsp3) is 0.0417. The number of phenolic OH excluding ortho intramolecular Hbond substituents is 1. The fourth-order valence-corrected chi connectivity index (χ4v) is 3.16. The number of methoxy groups -OCH3 is 1. The smallest absolute Gasteiger partial charge is 0.193 e. The van der Waals surface area contributed by atoms with Crippen molar-refractivity contribution in [2.45, 2.75) is 0 Å². The van der Waals surface area contributed by atoms with Crippen LogP contribution in [0.15, 0.2) is 83.3 Å². The van der Waals surface area contributed by atoms with Crippen molar-refractivity contribution in [1.82, 2.24) is 0 Å². The topological polar surface area (TPSA) is 79.9 Å². The van der Waals surface area contributed by atoms with E-state index >= 15 is 0 Å². The summed E-state index contributed by atoms with van der Waals surface area (Å²) < 4.78 is 11.4. The highest BCUT2D eigenvalue weighted by Gasteiger charge is 2.18. The molecule has 5 nitrogen and oxygen atoms in total. The zero-order valence-corrected chi connectivity index (χ0v) is 15.6. The van der Waals surface area contributed by atoms with Gasteiger partial charge in [0.1, 0.15) is 28.6 Å². The van der Waals surface area contributed by atoms with Crippen molar-refractivity contribution < 1.29 is 24.2 Å². The Morgan fingerprint density at radius 2 is 1.72 bits per heavy atom. The Kier molecular flexibility index (Phi) is 4.79. The van der Waals surface area contributed by atoms with Crippen molar-refractivity contribution in [2.75, 3.05) is 7.11 Å². The number of rotatable bonds is 5. The van der Waals surface area contributed by atoms with Gasteiger partial charge in [-0.1, -0.05) is 30.3 Å². The van der Waals surface area contributed by atoms with Crippen LogP contribution in [0.5, 0.6) is 11.5 Å². The SMILES string of the molecule is COc1c(C(=O)/C=C(\O)c2ccccc2)ccc2oc(-c3ccc(O)cc3)cc12. The summed E-state index contributed by atoms with van der Waals surface area (Å²) in [7, 11) is 1.49. The van der Waals surface area contributed by atoms with Gasteiger partial charge in [0.25, 0.3) is 0 Å². The highest BCUT2D eigenvalue weighted by atomic mass is 16.5. The molecule has 5 heteroatoms. The Balaban J connectivity index is 1.75. The third-order valence-electron chi connectivity index (χ3n) is 4.61. The third kappa shape index (κ3) is 3.58. The molecule has 0 spiro atoms. The molecule has 0 saturated carbocycles. The first-order valence-corrected chi connectivity index (χ1v) is 8.97. The Labute approximate surface area is 167 Å². The standard InChI is InChI=1S/C24H18O5/c1-28-24-18(21(27)14-20(26)15-5-3-2-4-6-15)11-12-22-19(24)13-23(29-22)16-7-9-17(25)10-8-16/h2-14,25-26H,1H3/b20-14-. The van der Waals surface area contributed by atoms with E-state index in [0.717, 1.165) is 5.56 Å². The quantitative estimate of drug-likeness (QED) is 0.265. The van der Waals surface area contributed by atoms with E-state index in [1.165, 1.54) is 13.2 Å². The molecule has 0 saturated heterocycles. The summed E-state index contributed by atoms with van der Waals surface area (Å²) in [5, 5.41) is 20.4. The molecule has 0 radical (unpaired) electrons. The monoisotopic (exact) mass is 386 g/mol. The molecular weight excluding hydrogens is 368 g/mol. The van der Waals surface area contributed by atoms with Crippen LogP contribution in [0.1, 0.15) is 15.9 Å². The predicted molar refractivity (Wildman–Crippen MR) is 111 cm³/mol. The lowest BCUT2D eigenvalue weighted by atomic mass is 10.0. The highest BCUT2D eigenvalue weighted by molar-refractivity contribution is 6.12. The van der Waals surface area contributed by atoms with Gasteiger partial charge in [0.05, 0.1) is 18.1 Å². The first-order valence-electron chi connectivity index (χ1n) is 8.97. The van der Waals surface area contributed by atoms with Gasteiger partial charge in [0, 0.05) is 17.2 Å². The van der Waals surface area contributed by atoms with Gasteiger partial charge >= 0.3 is 0 Å². The number of phenols is 1. The van der Waals surface area contributed by atoms with Crippen molar-refractivity contribution in [1.29, 1.82) is 0 Å². The van der Waals surface area contributed by atoms with Crippen LogP contribution in [0.2, 0.25) is 0 Å². The minimum absolute atomic E-state index is 0.116. The molecular formula is C24H18O5. The minimum atomic E-state index is -0.377. The molecule has 4 rings (SSSR count). The summed E-state index contributed by atoms with van der Waals surface area (Å²) in [6.07, 6.45) is 1.18. The van der Waals surface area contributed by atoms with Crippen LogP contribution in [0.4, 0.5) is 0 Å². The number of furan rings is 1. The molecule has 1 aromatic heterocycles. The van der Waals surface area contributed by atoms with E-state index in [-0.39, 0.29) is 17.3 Å². The molecule has 0 aliphatic rings. The highest BCUT2D eigenvalue weighted by Crippen LogP contribution is 2.36. The van der Waals surface area contributed by atoms with Gasteiger partial charge in [-0.25, -0.2) is 0 Å². The third-order valence-corrected chi connectivity index (χ3v) is 4.61. The maximum Gasteiger partial charge on any atom is 0.193 e. The van der Waals surface area contributed by atoms with E-state index in [4.69, 9.17) is 9.15 Å². The first kappa shape index (κ1) is 18.4. The van der Waals surface area contributed by atoms with Crippen molar-refractivity contribution >= 4 is 22.5 Å². The van der Waals surface area contributed by atoms with Crippen LogP contribution in [0, 0.1) is 0 Å². The normalized spacial score (nSPS) is 11.6. The van der Waals surface area contributed by atoms with Crippen LogP contribution in [0.25, 0.3) is 28.1 Å². The average molecular weight is 386 g/mol. The number of hydrogen-bond donors (Lipinski definition) is 2. The second kappa shape index (κ2) is 7.56. The average Bonchev–Trinajstić information content (AvgIpc) is 3.18. The number of fused-ring (bicyclic) bond motifs is 1. The lowest BCUT2D eigenvalue weighted by Gasteiger charge is -2.07.